The number of nitrogens with zero attached hydrogens (tertiary/aromatic N) is 1. The number of carbonyl (C=O) groups is 1. The summed E-state index contributed by atoms with van der Waals surface area (Å²) in [5, 5.41) is 8.83. The third kappa shape index (κ3) is 15.6. The molecule has 0 heterocycles. The van der Waals surface area contributed by atoms with E-state index in [1.807, 2.05) is 14.1 Å². The summed E-state index contributed by atoms with van der Waals surface area (Å²) in [5.41, 5.74) is 0. The van der Waals surface area contributed by atoms with Gasteiger partial charge in [-0.25, -0.2) is 4.79 Å². The lowest BCUT2D eigenvalue weighted by Crippen LogP contribution is -2.45. The highest BCUT2D eigenvalue weighted by atomic mass is 16.7. The predicted octanol–water partition coefficient (Wildman–Crippen LogP) is 3.79. The van der Waals surface area contributed by atoms with Crippen LogP contribution in [-0.2, 0) is 14.3 Å². The lowest BCUT2D eigenvalue weighted by atomic mass is 10.1. The summed E-state index contributed by atoms with van der Waals surface area (Å²) in [5.74, 6) is -0.263. The van der Waals surface area contributed by atoms with Crippen LogP contribution >= 0.6 is 0 Å². The largest absolute Gasteiger partial charge is 0.477 e. The zero-order chi connectivity index (χ0) is 17.6. The van der Waals surface area contributed by atoms with Crippen molar-refractivity contribution in [2.24, 2.45) is 0 Å². The van der Waals surface area contributed by atoms with Crippen molar-refractivity contribution < 1.29 is 23.9 Å². The maximum atomic E-state index is 10.7. The number of quaternary nitrogens is 1. The molecular weight excluding hydrogens is 294 g/mol. The van der Waals surface area contributed by atoms with Crippen LogP contribution in [0.3, 0.4) is 0 Å². The fourth-order valence-corrected chi connectivity index (χ4v) is 2.47. The van der Waals surface area contributed by atoms with E-state index in [0.717, 1.165) is 6.42 Å². The van der Waals surface area contributed by atoms with Crippen LogP contribution in [-0.4, -0.2) is 56.1 Å². The molecule has 5 heteroatoms. The Morgan fingerprint density at radius 2 is 1.57 bits per heavy atom. The molecule has 0 fully saturated rings. The van der Waals surface area contributed by atoms with Gasteiger partial charge in [0, 0.05) is 0 Å². The summed E-state index contributed by atoms with van der Waals surface area (Å²) in [7, 11) is 3.67. The first-order valence-electron chi connectivity index (χ1n) is 8.79. The molecule has 0 spiro atoms. The smallest absolute Gasteiger partial charge is 0.359 e. The normalized spacial score (nSPS) is 11.4. The van der Waals surface area contributed by atoms with E-state index in [-0.39, 0.29) is 13.3 Å². The number of hydrogen-bond donors (Lipinski definition) is 1. The molecule has 0 amide bonds. The number of carboxylic acids is 1. The summed E-state index contributed by atoms with van der Waals surface area (Å²) in [6, 6.07) is 0. The summed E-state index contributed by atoms with van der Waals surface area (Å²) in [6.07, 6.45) is 10.2. The zero-order valence-electron chi connectivity index (χ0n) is 15.3. The minimum Gasteiger partial charge on any atom is -0.477 e. The topological polar surface area (TPSA) is 55.8 Å². The molecule has 0 atom stereocenters. The number of ether oxygens (including phenoxy) is 2. The first-order valence-corrected chi connectivity index (χ1v) is 8.79. The van der Waals surface area contributed by atoms with Gasteiger partial charge in [0.15, 0.2) is 13.3 Å². The van der Waals surface area contributed by atoms with Crippen LogP contribution in [0.25, 0.3) is 0 Å². The Morgan fingerprint density at radius 1 is 1.00 bits per heavy atom. The lowest BCUT2D eigenvalue weighted by molar-refractivity contribution is -0.879. The summed E-state index contributed by atoms with van der Waals surface area (Å²) in [6.45, 7) is 7.47. The molecule has 0 aromatic rings. The van der Waals surface area contributed by atoms with Crippen molar-refractivity contribution in [3.8, 4) is 0 Å². The van der Waals surface area contributed by atoms with Crippen molar-refractivity contribution in [3.63, 3.8) is 0 Å². The van der Waals surface area contributed by atoms with Gasteiger partial charge in [-0.1, -0.05) is 58.4 Å². The molecule has 5 nitrogen and oxygen atoms in total. The highest BCUT2D eigenvalue weighted by molar-refractivity contribution is 5.67. The van der Waals surface area contributed by atoms with Crippen molar-refractivity contribution in [1.82, 2.24) is 0 Å². The number of aliphatic carboxylic acids is 1. The van der Waals surface area contributed by atoms with E-state index in [0.29, 0.717) is 23.4 Å². The van der Waals surface area contributed by atoms with Crippen LogP contribution in [0.2, 0.25) is 0 Å². The van der Waals surface area contributed by atoms with Gasteiger partial charge in [-0.2, -0.15) is 0 Å². The molecule has 0 bridgehead atoms. The van der Waals surface area contributed by atoms with Gasteiger partial charge in [0.25, 0.3) is 0 Å². The Morgan fingerprint density at radius 3 is 2.13 bits per heavy atom. The summed E-state index contributed by atoms with van der Waals surface area (Å²) >= 11 is 0. The van der Waals surface area contributed by atoms with E-state index in [1.165, 1.54) is 44.9 Å². The van der Waals surface area contributed by atoms with Crippen molar-refractivity contribution in [1.29, 1.82) is 0 Å². The maximum absolute atomic E-state index is 10.7. The van der Waals surface area contributed by atoms with Gasteiger partial charge in [0.1, 0.15) is 12.3 Å². The number of carboxylic acid groups (broad SMARTS) is 1. The molecule has 0 aliphatic rings. The Hall–Kier alpha value is -1.07. The van der Waals surface area contributed by atoms with E-state index >= 15 is 0 Å². The number of likely N-dealkylation sites (N-methyl/N-ethyl adjacent to an activating group) is 1. The van der Waals surface area contributed by atoms with Gasteiger partial charge in [-0.15, -0.1) is 0 Å². The fourth-order valence-electron chi connectivity index (χ4n) is 2.47. The first-order chi connectivity index (χ1) is 10.9. The zero-order valence-corrected chi connectivity index (χ0v) is 15.3. The van der Waals surface area contributed by atoms with Crippen LogP contribution in [0.4, 0.5) is 0 Å². The molecule has 23 heavy (non-hydrogen) atoms. The quantitative estimate of drug-likeness (QED) is 0.202. The maximum Gasteiger partial charge on any atom is 0.359 e. The highest BCUT2D eigenvalue weighted by Crippen LogP contribution is 2.09. The molecule has 0 aromatic carbocycles. The predicted molar refractivity (Wildman–Crippen MR) is 93.1 cm³/mol. The Bertz CT molecular complexity index is 329. The van der Waals surface area contributed by atoms with Crippen molar-refractivity contribution in [2.75, 3.05) is 40.6 Å². The molecule has 0 unspecified atom stereocenters. The van der Waals surface area contributed by atoms with Crippen molar-refractivity contribution >= 4 is 5.97 Å². The second-order valence-corrected chi connectivity index (χ2v) is 6.83. The van der Waals surface area contributed by atoms with Crippen LogP contribution in [0.5, 0.6) is 0 Å². The Kier molecular flexibility index (Phi) is 12.8. The fraction of sp³-hybridized carbons (Fsp3) is 0.833. The van der Waals surface area contributed by atoms with Crippen molar-refractivity contribution in [3.05, 3.63) is 12.3 Å². The van der Waals surface area contributed by atoms with E-state index < -0.39 is 5.97 Å². The van der Waals surface area contributed by atoms with E-state index in [9.17, 15) is 4.79 Å². The van der Waals surface area contributed by atoms with E-state index in [4.69, 9.17) is 14.6 Å². The second kappa shape index (κ2) is 13.4. The lowest BCUT2D eigenvalue weighted by Gasteiger charge is -2.28. The minimum atomic E-state index is -0.825. The second-order valence-electron chi connectivity index (χ2n) is 6.83. The third-order valence-corrected chi connectivity index (χ3v) is 3.66. The molecule has 0 saturated carbocycles. The molecule has 0 rings (SSSR count). The number of hydrogen-bond acceptors (Lipinski definition) is 3. The van der Waals surface area contributed by atoms with E-state index in [1.54, 1.807) is 0 Å². The average molecular weight is 330 g/mol. The molecule has 0 aliphatic carbocycles. The van der Waals surface area contributed by atoms with Crippen LogP contribution in [0, 0.1) is 0 Å². The molecule has 0 saturated heterocycles. The van der Waals surface area contributed by atoms with Gasteiger partial charge in [-0.3, -0.25) is 0 Å². The molecule has 1 N–H and O–H groups in total. The van der Waals surface area contributed by atoms with Gasteiger partial charge in [0.05, 0.1) is 20.7 Å². The van der Waals surface area contributed by atoms with Gasteiger partial charge < -0.3 is 19.1 Å². The highest BCUT2D eigenvalue weighted by Gasteiger charge is 2.21. The van der Waals surface area contributed by atoms with E-state index in [2.05, 4.69) is 13.5 Å². The molecule has 0 aromatic heterocycles. The standard InChI is InChI=1S/C18H35NO4/c1-5-6-7-8-9-10-11-12-13-22-16-23-17(2)14-19(3,4)15-18(20)21/h2,5-16H2,1,3-4H3/p+1. The summed E-state index contributed by atoms with van der Waals surface area (Å²) in [4.78, 5) is 10.7. The van der Waals surface area contributed by atoms with Crippen molar-refractivity contribution in [2.45, 2.75) is 58.3 Å². The first kappa shape index (κ1) is 21.9. The average Bonchev–Trinajstić information content (AvgIpc) is 2.42. The third-order valence-electron chi connectivity index (χ3n) is 3.66. The summed E-state index contributed by atoms with van der Waals surface area (Å²) < 4.78 is 11.2. The Balaban J connectivity index is 3.44. The van der Waals surface area contributed by atoms with Gasteiger partial charge in [0.2, 0.25) is 0 Å². The van der Waals surface area contributed by atoms with Crippen LogP contribution < -0.4 is 0 Å². The molecule has 0 radical (unpaired) electrons. The SMILES string of the molecule is C=C(C[N+](C)(C)CC(=O)O)OCOCCCCCCCCCC. The van der Waals surface area contributed by atoms with Gasteiger partial charge in [-0.05, 0) is 6.42 Å². The Labute approximate surface area is 141 Å². The number of unbranched alkanes of at least 4 members (excludes halogenated alkanes) is 7. The molecule has 136 valence electrons. The van der Waals surface area contributed by atoms with Crippen LogP contribution in [0.15, 0.2) is 12.3 Å². The molecular formula is C18H36NO4+. The van der Waals surface area contributed by atoms with Crippen LogP contribution in [0.1, 0.15) is 58.3 Å². The molecule has 0 aliphatic heterocycles. The van der Waals surface area contributed by atoms with Gasteiger partial charge >= 0.3 is 5.97 Å². The monoisotopic (exact) mass is 330 g/mol. The number of rotatable bonds is 16. The minimum absolute atomic E-state index is 0.0431.